The number of hydrogen-bond acceptors (Lipinski definition) is 16. The van der Waals surface area contributed by atoms with Crippen molar-refractivity contribution in [1.82, 2.24) is 56.5 Å². The number of carbonyl (C=O) groups excluding carboxylic acids is 5. The average molecular weight is 919 g/mol. The number of benzene rings is 4. The van der Waals surface area contributed by atoms with Gasteiger partial charge in [0.2, 0.25) is 17.7 Å². The maximum atomic E-state index is 13.5. The number of methoxy groups -OCH3 is 1. The van der Waals surface area contributed by atoms with Gasteiger partial charge in [-0.15, -0.1) is 10.2 Å². The fourth-order valence-corrected chi connectivity index (χ4v) is 7.85. The van der Waals surface area contributed by atoms with Gasteiger partial charge in [0.25, 0.3) is 11.8 Å². The van der Waals surface area contributed by atoms with Gasteiger partial charge in [-0.25, -0.2) is 19.6 Å². The van der Waals surface area contributed by atoms with E-state index in [2.05, 4.69) is 61.8 Å². The Morgan fingerprint density at radius 1 is 0.824 bits per heavy atom. The normalized spacial score (nSPS) is 12.6. The smallest absolute Gasteiger partial charge is 0.407 e. The summed E-state index contributed by atoms with van der Waals surface area (Å²) in [6, 6.07) is 25.4. The Balaban J connectivity index is 0.814. The van der Waals surface area contributed by atoms with Crippen molar-refractivity contribution in [3.63, 3.8) is 0 Å². The van der Waals surface area contributed by atoms with Crippen LogP contribution in [0.15, 0.2) is 97.2 Å². The van der Waals surface area contributed by atoms with E-state index in [0.29, 0.717) is 41.0 Å². The van der Waals surface area contributed by atoms with Gasteiger partial charge in [0.1, 0.15) is 18.7 Å². The molecule has 68 heavy (non-hydrogen) atoms. The Morgan fingerprint density at radius 2 is 1.56 bits per heavy atom. The van der Waals surface area contributed by atoms with Crippen molar-refractivity contribution in [2.75, 3.05) is 37.0 Å². The summed E-state index contributed by atoms with van der Waals surface area (Å²) < 4.78 is 10.6. The van der Waals surface area contributed by atoms with E-state index < -0.39 is 41.9 Å². The zero-order chi connectivity index (χ0) is 47.7. The number of esters is 1. The number of hydrogen-bond donors (Lipinski definition) is 7. The van der Waals surface area contributed by atoms with Gasteiger partial charge in [0.05, 0.1) is 24.6 Å². The van der Waals surface area contributed by atoms with Crippen molar-refractivity contribution in [3.8, 4) is 22.5 Å². The fraction of sp³-hybridized carbons (Fsp3) is 0.234. The first-order valence-corrected chi connectivity index (χ1v) is 21.6. The molecule has 2 atom stereocenters. The number of rotatable bonds is 17. The lowest BCUT2D eigenvalue weighted by Crippen LogP contribution is -2.42. The topological polar surface area (TPSA) is 310 Å². The second-order valence-corrected chi connectivity index (χ2v) is 15.8. The van der Waals surface area contributed by atoms with Gasteiger partial charge in [0, 0.05) is 29.3 Å². The minimum atomic E-state index is -0.999. The number of alkyl carbamates (subject to hydrolysis) is 1. The molecule has 4 amide bonds. The van der Waals surface area contributed by atoms with Crippen LogP contribution < -0.4 is 32.7 Å². The van der Waals surface area contributed by atoms with Crippen LogP contribution in [0.25, 0.3) is 33.7 Å². The van der Waals surface area contributed by atoms with E-state index in [1.165, 1.54) is 32.2 Å². The van der Waals surface area contributed by atoms with Gasteiger partial charge in [-0.05, 0) is 96.0 Å². The van der Waals surface area contributed by atoms with Crippen molar-refractivity contribution in [2.24, 2.45) is 0 Å². The molecule has 0 radical (unpaired) electrons. The van der Waals surface area contributed by atoms with Crippen LogP contribution >= 0.6 is 0 Å². The number of aryl methyl sites for hydroxylation is 2. The van der Waals surface area contributed by atoms with E-state index >= 15 is 0 Å². The van der Waals surface area contributed by atoms with Crippen LogP contribution in [-0.4, -0.2) is 103 Å². The highest BCUT2D eigenvalue weighted by Gasteiger charge is 2.30. The molecular weight excluding hydrogens is 873 g/mol. The second-order valence-electron chi connectivity index (χ2n) is 15.8. The van der Waals surface area contributed by atoms with E-state index in [1.807, 2.05) is 48.5 Å². The van der Waals surface area contributed by atoms with Crippen molar-refractivity contribution in [2.45, 2.75) is 50.6 Å². The van der Waals surface area contributed by atoms with Crippen molar-refractivity contribution >= 4 is 58.4 Å². The lowest BCUT2D eigenvalue weighted by atomic mass is 9.98. The highest BCUT2D eigenvalue weighted by Crippen LogP contribution is 2.44. The zero-order valence-electron chi connectivity index (χ0n) is 36.9. The molecular formula is C47H46N14O7. The van der Waals surface area contributed by atoms with Crippen LogP contribution in [0.1, 0.15) is 68.8 Å². The SMILES string of the molecule is COC(=O)[C@H](CCCNC(=O)c1ccc(NC(=O)[C@H](C)NC(=O)OCC2c3ccccc3-c3ccccc32)cc1-c1nn[nH]n1)NC(=O)c1ccc(CCc2cnc3nc(N)nc(N)c3n2)cc1. The fourth-order valence-electron chi connectivity index (χ4n) is 7.85. The summed E-state index contributed by atoms with van der Waals surface area (Å²) in [5, 5.41) is 24.9. The lowest BCUT2D eigenvalue weighted by Gasteiger charge is -2.18. The molecule has 0 saturated heterocycles. The summed E-state index contributed by atoms with van der Waals surface area (Å²) in [6.45, 7) is 1.73. The minimum absolute atomic E-state index is 0.0168. The summed E-state index contributed by atoms with van der Waals surface area (Å²) in [6.07, 6.45) is 2.41. The number of nitrogens with two attached hydrogens (primary N) is 2. The number of H-pyrrole nitrogens is 1. The van der Waals surface area contributed by atoms with Crippen LogP contribution in [0.2, 0.25) is 0 Å². The maximum absolute atomic E-state index is 13.5. The van der Waals surface area contributed by atoms with E-state index in [9.17, 15) is 24.0 Å². The molecule has 8 rings (SSSR count). The molecule has 0 fully saturated rings. The molecule has 3 heterocycles. The van der Waals surface area contributed by atoms with E-state index in [4.69, 9.17) is 20.9 Å². The highest BCUT2D eigenvalue weighted by molar-refractivity contribution is 6.02. The first-order valence-electron chi connectivity index (χ1n) is 21.6. The zero-order valence-corrected chi connectivity index (χ0v) is 36.9. The number of tetrazole rings is 1. The molecule has 0 saturated carbocycles. The standard InChI is InChI=1S/C47H46N14O7/c1-25(52-47(66)68-24-36-32-10-5-3-8-30(32)31-9-4-6-11-33(31)36)42(62)54-28-19-20-34(35(22-28)40-58-60-61-59-40)44(64)50-21-7-12-37(45(65)67-2)55-43(63)27-16-13-26(14-17-27)15-18-29-23-51-41-38(53-29)39(48)56-46(49)57-41/h3-6,8-11,13-14,16-17,19-20,22-23,25,36-37H,7,12,15,18,21,24H2,1-2H3,(H,50,64)(H,52,66)(H,54,62)(H,55,63)(H,58,59,60,61)(H4,48,49,51,56,57)/t25-,37-/m0/s1. The molecule has 0 aliphatic heterocycles. The predicted octanol–water partition coefficient (Wildman–Crippen LogP) is 3.90. The Kier molecular flexibility index (Phi) is 13.8. The first kappa shape index (κ1) is 45.7. The van der Waals surface area contributed by atoms with Crippen LogP contribution in [0, 0.1) is 0 Å². The van der Waals surface area contributed by atoms with Gasteiger partial charge in [0.15, 0.2) is 17.0 Å². The molecule has 0 bridgehead atoms. The Hall–Kier alpha value is -8.88. The Bertz CT molecular complexity index is 2960. The van der Waals surface area contributed by atoms with Gasteiger partial charge in [-0.2, -0.15) is 15.2 Å². The number of anilines is 3. The number of nitrogen functional groups attached to an aromatic ring is 2. The number of nitrogens with one attached hydrogen (secondary N) is 5. The summed E-state index contributed by atoms with van der Waals surface area (Å²) in [4.78, 5) is 82.4. The third kappa shape index (κ3) is 10.5. The number of ether oxygens (including phenoxy) is 2. The monoisotopic (exact) mass is 918 g/mol. The van der Waals surface area contributed by atoms with Crippen LogP contribution in [0.4, 0.5) is 22.2 Å². The molecule has 4 aromatic carbocycles. The largest absolute Gasteiger partial charge is 0.467 e. The van der Waals surface area contributed by atoms with Crippen LogP contribution in [0.3, 0.4) is 0 Å². The molecule has 21 nitrogen and oxygen atoms in total. The van der Waals surface area contributed by atoms with Crippen molar-refractivity contribution in [1.29, 1.82) is 0 Å². The molecule has 0 unspecified atom stereocenters. The average Bonchev–Trinajstić information content (AvgIpc) is 4.00. The van der Waals surface area contributed by atoms with Gasteiger partial charge >= 0.3 is 12.1 Å². The number of carbonyl (C=O) groups is 5. The third-order valence-corrected chi connectivity index (χ3v) is 11.3. The van der Waals surface area contributed by atoms with E-state index in [0.717, 1.165) is 27.8 Å². The number of aromatic nitrogens is 8. The summed E-state index contributed by atoms with van der Waals surface area (Å²) in [5.41, 5.74) is 19.3. The number of fused-ring (bicyclic) bond motifs is 4. The minimum Gasteiger partial charge on any atom is -0.467 e. The van der Waals surface area contributed by atoms with Crippen LogP contribution in [-0.2, 0) is 31.9 Å². The van der Waals surface area contributed by atoms with Gasteiger partial charge in [-0.1, -0.05) is 60.7 Å². The maximum Gasteiger partial charge on any atom is 0.407 e. The molecule has 1 aliphatic rings. The van der Waals surface area contributed by atoms with E-state index in [-0.39, 0.29) is 60.6 Å². The van der Waals surface area contributed by atoms with E-state index in [1.54, 1.807) is 30.5 Å². The van der Waals surface area contributed by atoms with Crippen molar-refractivity contribution < 1.29 is 33.4 Å². The van der Waals surface area contributed by atoms with Gasteiger partial charge in [-0.3, -0.25) is 14.4 Å². The second kappa shape index (κ2) is 20.5. The summed E-state index contributed by atoms with van der Waals surface area (Å²) >= 11 is 0. The summed E-state index contributed by atoms with van der Waals surface area (Å²) in [7, 11) is 1.22. The lowest BCUT2D eigenvalue weighted by molar-refractivity contribution is -0.143. The quantitative estimate of drug-likeness (QED) is 0.0503. The molecule has 3 aromatic heterocycles. The number of aromatic amines is 1. The molecule has 346 valence electrons. The van der Waals surface area contributed by atoms with Crippen molar-refractivity contribution in [3.05, 3.63) is 131 Å². The third-order valence-electron chi connectivity index (χ3n) is 11.3. The Labute approximate surface area is 388 Å². The molecule has 0 spiro atoms. The van der Waals surface area contributed by atoms with Crippen LogP contribution in [0.5, 0.6) is 0 Å². The molecule has 7 aromatic rings. The first-order chi connectivity index (χ1) is 32.9. The predicted molar refractivity (Wildman–Crippen MR) is 249 cm³/mol. The molecule has 9 N–H and O–H groups in total. The number of nitrogens with zero attached hydrogens (tertiary/aromatic N) is 7. The number of amides is 4. The highest BCUT2D eigenvalue weighted by atomic mass is 16.5. The molecule has 1 aliphatic carbocycles. The molecule has 21 heteroatoms. The van der Waals surface area contributed by atoms with Gasteiger partial charge < -0.3 is 42.2 Å². The Morgan fingerprint density at radius 3 is 2.26 bits per heavy atom. The summed E-state index contributed by atoms with van der Waals surface area (Å²) in [5.74, 6) is -2.06.